The fourth-order valence-electron chi connectivity index (χ4n) is 4.35. The van der Waals surface area contributed by atoms with Crippen LogP contribution in [0.15, 0.2) is 24.3 Å². The number of hydrogen-bond acceptors (Lipinski definition) is 4. The van der Waals surface area contributed by atoms with Crippen LogP contribution in [0.2, 0.25) is 6.04 Å². The lowest BCUT2D eigenvalue weighted by Gasteiger charge is -2.30. The van der Waals surface area contributed by atoms with Crippen LogP contribution in [0.25, 0.3) is 0 Å². The molecule has 4 nitrogen and oxygen atoms in total. The first kappa shape index (κ1) is 24.5. The van der Waals surface area contributed by atoms with E-state index in [-0.39, 0.29) is 0 Å². The van der Waals surface area contributed by atoms with Crippen molar-refractivity contribution in [1.82, 2.24) is 0 Å². The Kier molecular flexibility index (Phi) is 11.5. The van der Waals surface area contributed by atoms with Crippen molar-refractivity contribution in [2.45, 2.75) is 90.7 Å². The van der Waals surface area contributed by atoms with E-state index in [0.29, 0.717) is 31.8 Å². The largest absolute Gasteiger partial charge is 0.501 e. The smallest absolute Gasteiger partial charge is 0.378 e. The van der Waals surface area contributed by atoms with Crippen molar-refractivity contribution in [2.75, 3.05) is 26.4 Å². The molecule has 29 heavy (non-hydrogen) atoms. The first-order valence-corrected chi connectivity index (χ1v) is 13.7. The quantitative estimate of drug-likeness (QED) is 0.267. The third-order valence-electron chi connectivity index (χ3n) is 5.74. The Morgan fingerprint density at radius 3 is 1.93 bits per heavy atom. The van der Waals surface area contributed by atoms with E-state index in [2.05, 4.69) is 31.2 Å². The van der Waals surface area contributed by atoms with Gasteiger partial charge in [-0.25, -0.2) is 0 Å². The number of benzene rings is 1. The molecule has 1 saturated carbocycles. The molecular weight excluding hydrogens is 380 g/mol. The number of hydrogen-bond donors (Lipinski definition) is 0. The summed E-state index contributed by atoms with van der Waals surface area (Å²) in [5.41, 5.74) is 2.96. The zero-order chi connectivity index (χ0) is 21.0. The van der Waals surface area contributed by atoms with Crippen LogP contribution in [-0.2, 0) is 24.4 Å². The van der Waals surface area contributed by atoms with Gasteiger partial charge in [0.05, 0.1) is 6.10 Å². The second kappa shape index (κ2) is 13.6. The van der Waals surface area contributed by atoms with E-state index in [1.165, 1.54) is 36.8 Å². The topological polar surface area (TPSA) is 36.9 Å². The monoisotopic (exact) mass is 422 g/mol. The van der Waals surface area contributed by atoms with E-state index in [4.69, 9.17) is 18.0 Å². The molecule has 0 saturated heterocycles. The van der Waals surface area contributed by atoms with Gasteiger partial charge in [-0.3, -0.25) is 0 Å². The predicted molar refractivity (Wildman–Crippen MR) is 121 cm³/mol. The van der Waals surface area contributed by atoms with E-state index in [0.717, 1.165) is 31.9 Å². The van der Waals surface area contributed by atoms with Gasteiger partial charge in [-0.2, -0.15) is 0 Å². The highest BCUT2D eigenvalue weighted by molar-refractivity contribution is 6.60. The molecule has 0 aliphatic heterocycles. The SMILES string of the molecule is CCCc1ccc([C@H]2CC[C@H](OCCC[Si](OCC)(OCC)OCC)CC2)cc1. The summed E-state index contributed by atoms with van der Waals surface area (Å²) in [5, 5.41) is 0. The maximum Gasteiger partial charge on any atom is 0.501 e. The standard InChI is InChI=1S/C24H42O4Si/c1-5-10-21-11-13-22(14-12-21)23-15-17-24(18-16-23)25-19-9-20-29(26-6-2,27-7-3)28-8-4/h11-14,23-24H,5-10,15-20H2,1-4H3/t23-,24-. The summed E-state index contributed by atoms with van der Waals surface area (Å²) in [5.74, 6) is 0.694. The molecule has 5 heteroatoms. The Labute approximate surface area is 179 Å². The minimum atomic E-state index is -2.53. The summed E-state index contributed by atoms with van der Waals surface area (Å²) in [6.45, 7) is 10.9. The molecule has 0 atom stereocenters. The molecule has 0 heterocycles. The molecule has 166 valence electrons. The Morgan fingerprint density at radius 1 is 0.828 bits per heavy atom. The molecule has 0 spiro atoms. The van der Waals surface area contributed by atoms with E-state index >= 15 is 0 Å². The number of rotatable bonds is 14. The van der Waals surface area contributed by atoms with Gasteiger partial charge in [0.25, 0.3) is 0 Å². The van der Waals surface area contributed by atoms with Crippen molar-refractivity contribution < 1.29 is 18.0 Å². The van der Waals surface area contributed by atoms with E-state index in [1.807, 2.05) is 20.8 Å². The normalized spacial score (nSPS) is 20.1. The van der Waals surface area contributed by atoms with Crippen molar-refractivity contribution in [3.8, 4) is 0 Å². The highest BCUT2D eigenvalue weighted by Crippen LogP contribution is 2.34. The Bertz CT molecular complexity index is 523. The zero-order valence-electron chi connectivity index (χ0n) is 19.1. The lowest BCUT2D eigenvalue weighted by atomic mass is 9.82. The average Bonchev–Trinajstić information content (AvgIpc) is 2.73. The van der Waals surface area contributed by atoms with Crippen LogP contribution in [-0.4, -0.2) is 41.3 Å². The molecule has 0 aromatic heterocycles. The Balaban J connectivity index is 1.71. The molecule has 0 bridgehead atoms. The van der Waals surface area contributed by atoms with E-state index < -0.39 is 8.80 Å². The summed E-state index contributed by atoms with van der Waals surface area (Å²) in [7, 11) is -2.53. The van der Waals surface area contributed by atoms with Gasteiger partial charge in [0.1, 0.15) is 0 Å². The van der Waals surface area contributed by atoms with Gasteiger partial charge in [0.2, 0.25) is 0 Å². The average molecular weight is 423 g/mol. The number of ether oxygens (including phenoxy) is 1. The van der Waals surface area contributed by atoms with Crippen LogP contribution in [0.5, 0.6) is 0 Å². The van der Waals surface area contributed by atoms with E-state index in [9.17, 15) is 0 Å². The van der Waals surface area contributed by atoms with Gasteiger partial charge in [0.15, 0.2) is 0 Å². The summed E-state index contributed by atoms with van der Waals surface area (Å²) in [6, 6.07) is 10.1. The van der Waals surface area contributed by atoms with Crippen molar-refractivity contribution in [3.63, 3.8) is 0 Å². The summed E-state index contributed by atoms with van der Waals surface area (Å²) < 4.78 is 24.0. The summed E-state index contributed by atoms with van der Waals surface area (Å²) in [6.07, 6.45) is 8.50. The molecule has 0 radical (unpaired) electrons. The van der Waals surface area contributed by atoms with Gasteiger partial charge in [-0.05, 0) is 76.3 Å². The molecule has 1 aromatic carbocycles. The maximum absolute atomic E-state index is 6.20. The fourth-order valence-corrected chi connectivity index (χ4v) is 6.93. The predicted octanol–water partition coefficient (Wildman–Crippen LogP) is 6.12. The third kappa shape index (κ3) is 8.14. The van der Waals surface area contributed by atoms with Crippen LogP contribution in [0, 0.1) is 0 Å². The van der Waals surface area contributed by atoms with Gasteiger partial charge in [0, 0.05) is 32.5 Å². The maximum atomic E-state index is 6.20. The van der Waals surface area contributed by atoms with Crippen molar-refractivity contribution in [1.29, 1.82) is 0 Å². The highest BCUT2D eigenvalue weighted by Gasteiger charge is 2.39. The van der Waals surface area contributed by atoms with E-state index in [1.54, 1.807) is 0 Å². The van der Waals surface area contributed by atoms with Crippen molar-refractivity contribution in [3.05, 3.63) is 35.4 Å². The second-order valence-electron chi connectivity index (χ2n) is 7.92. The minimum Gasteiger partial charge on any atom is -0.378 e. The molecular formula is C24H42O4Si. The molecule has 0 N–H and O–H groups in total. The van der Waals surface area contributed by atoms with Crippen LogP contribution in [0.4, 0.5) is 0 Å². The fraction of sp³-hybridized carbons (Fsp3) is 0.750. The first-order chi connectivity index (χ1) is 14.2. The zero-order valence-corrected chi connectivity index (χ0v) is 20.1. The number of aryl methyl sites for hydroxylation is 1. The second-order valence-corrected chi connectivity index (χ2v) is 10.7. The van der Waals surface area contributed by atoms with Gasteiger partial charge < -0.3 is 18.0 Å². The molecule has 0 unspecified atom stereocenters. The molecule has 2 rings (SSSR count). The van der Waals surface area contributed by atoms with Crippen molar-refractivity contribution >= 4 is 8.80 Å². The molecule has 1 aliphatic rings. The summed E-state index contributed by atoms with van der Waals surface area (Å²) in [4.78, 5) is 0. The summed E-state index contributed by atoms with van der Waals surface area (Å²) >= 11 is 0. The first-order valence-electron chi connectivity index (χ1n) is 11.8. The van der Waals surface area contributed by atoms with Crippen LogP contribution < -0.4 is 0 Å². The van der Waals surface area contributed by atoms with Crippen molar-refractivity contribution in [2.24, 2.45) is 0 Å². The van der Waals surface area contributed by atoms with Crippen LogP contribution in [0.1, 0.15) is 83.3 Å². The van der Waals surface area contributed by atoms with Gasteiger partial charge >= 0.3 is 8.80 Å². The minimum absolute atomic E-state index is 0.396. The highest BCUT2D eigenvalue weighted by atomic mass is 28.4. The lowest BCUT2D eigenvalue weighted by Crippen LogP contribution is -2.46. The lowest BCUT2D eigenvalue weighted by molar-refractivity contribution is 0.0202. The Morgan fingerprint density at radius 2 is 1.41 bits per heavy atom. The molecule has 1 aliphatic carbocycles. The van der Waals surface area contributed by atoms with Gasteiger partial charge in [-0.15, -0.1) is 0 Å². The van der Waals surface area contributed by atoms with Crippen LogP contribution in [0.3, 0.4) is 0 Å². The molecule has 1 aromatic rings. The molecule has 1 fully saturated rings. The third-order valence-corrected chi connectivity index (χ3v) is 8.89. The molecule has 0 amide bonds. The Hall–Kier alpha value is -0.723. The van der Waals surface area contributed by atoms with Gasteiger partial charge in [-0.1, -0.05) is 37.6 Å². The van der Waals surface area contributed by atoms with Crippen LogP contribution >= 0.6 is 0 Å².